The van der Waals surface area contributed by atoms with Gasteiger partial charge >= 0.3 is 0 Å². The minimum Gasteiger partial charge on any atom is -0.107 e. The van der Waals surface area contributed by atoms with Crippen LogP contribution in [0.2, 0.25) is 38.3 Å². The first kappa shape index (κ1) is 16.3. The van der Waals surface area contributed by atoms with E-state index in [1.807, 2.05) is 0 Å². The van der Waals surface area contributed by atoms with E-state index in [1.165, 1.54) is 12.1 Å². The van der Waals surface area contributed by atoms with Gasteiger partial charge in [-0.2, -0.15) is 0 Å². The third kappa shape index (κ3) is 2.69. The standard InChI is InChI=1S/C20H32Si2/c1-7-21(3,4)13-15-9-10-17-16-11-12-18(20(15)17)19(16)14-22(5,6)8-2/h7-12,15-20H,1-2,13-14H2,3-6H3. The van der Waals surface area contributed by atoms with Gasteiger partial charge in [0, 0.05) is 0 Å². The van der Waals surface area contributed by atoms with E-state index in [4.69, 9.17) is 0 Å². The minimum absolute atomic E-state index is 0.806. The van der Waals surface area contributed by atoms with Gasteiger partial charge in [-0.1, -0.05) is 56.5 Å². The van der Waals surface area contributed by atoms with Gasteiger partial charge in [0.1, 0.15) is 0 Å². The second kappa shape index (κ2) is 5.49. The molecule has 0 radical (unpaired) electrons. The Morgan fingerprint density at radius 2 is 1.32 bits per heavy atom. The van der Waals surface area contributed by atoms with Crippen molar-refractivity contribution in [3.63, 3.8) is 0 Å². The molecule has 1 fully saturated rings. The highest BCUT2D eigenvalue weighted by Gasteiger charge is 2.55. The Morgan fingerprint density at radius 1 is 0.773 bits per heavy atom. The molecule has 0 spiro atoms. The van der Waals surface area contributed by atoms with Gasteiger partial charge < -0.3 is 0 Å². The van der Waals surface area contributed by atoms with E-state index in [0.717, 1.165) is 35.5 Å². The smallest absolute Gasteiger partial charge is 0.0715 e. The second-order valence-electron chi connectivity index (χ2n) is 9.20. The van der Waals surface area contributed by atoms with E-state index in [2.05, 4.69) is 75.0 Å². The molecule has 0 aromatic heterocycles. The first-order chi connectivity index (χ1) is 10.3. The molecule has 0 aliphatic heterocycles. The minimum atomic E-state index is -1.22. The number of fused-ring (bicyclic) bond motifs is 5. The van der Waals surface area contributed by atoms with Crippen molar-refractivity contribution in [1.29, 1.82) is 0 Å². The van der Waals surface area contributed by atoms with Gasteiger partial charge in [0.05, 0.1) is 16.1 Å². The molecule has 3 rings (SSSR count). The molecule has 0 heterocycles. The van der Waals surface area contributed by atoms with Gasteiger partial charge in [-0.3, -0.25) is 0 Å². The molecule has 22 heavy (non-hydrogen) atoms. The van der Waals surface area contributed by atoms with Crippen molar-refractivity contribution >= 4 is 16.1 Å². The summed E-state index contributed by atoms with van der Waals surface area (Å²) in [5.74, 6) is 5.07. The van der Waals surface area contributed by atoms with Crippen molar-refractivity contribution in [3.8, 4) is 0 Å². The summed E-state index contributed by atoms with van der Waals surface area (Å²) in [4.78, 5) is 0. The molecule has 6 atom stereocenters. The summed E-state index contributed by atoms with van der Waals surface area (Å²) in [5, 5.41) is 0. The zero-order valence-electron chi connectivity index (χ0n) is 14.8. The Morgan fingerprint density at radius 3 is 1.95 bits per heavy atom. The monoisotopic (exact) mass is 328 g/mol. The van der Waals surface area contributed by atoms with Crippen molar-refractivity contribution < 1.29 is 0 Å². The molecule has 3 aliphatic carbocycles. The quantitative estimate of drug-likeness (QED) is 0.433. The van der Waals surface area contributed by atoms with Gasteiger partial charge in [-0.15, -0.1) is 24.6 Å². The van der Waals surface area contributed by atoms with E-state index < -0.39 is 16.1 Å². The van der Waals surface area contributed by atoms with Crippen LogP contribution in [-0.4, -0.2) is 16.1 Å². The number of allylic oxidation sites excluding steroid dienone is 4. The van der Waals surface area contributed by atoms with Crippen LogP contribution in [0.3, 0.4) is 0 Å². The zero-order chi connectivity index (χ0) is 16.1. The lowest BCUT2D eigenvalue weighted by atomic mass is 9.81. The number of hydrogen-bond acceptors (Lipinski definition) is 0. The van der Waals surface area contributed by atoms with E-state index in [0.29, 0.717) is 0 Å². The highest BCUT2D eigenvalue weighted by atomic mass is 28.3. The van der Waals surface area contributed by atoms with Crippen LogP contribution < -0.4 is 0 Å². The zero-order valence-corrected chi connectivity index (χ0v) is 16.8. The molecular weight excluding hydrogens is 296 g/mol. The highest BCUT2D eigenvalue weighted by molar-refractivity contribution is 6.82. The molecule has 0 aromatic rings. The number of rotatable bonds is 6. The molecule has 0 aromatic carbocycles. The molecule has 0 amide bonds. The second-order valence-corrected chi connectivity index (χ2v) is 18.8. The summed E-state index contributed by atoms with van der Waals surface area (Å²) in [6.07, 6.45) is 10.3. The molecule has 0 saturated heterocycles. The molecule has 0 N–H and O–H groups in total. The van der Waals surface area contributed by atoms with Gasteiger partial charge in [0.2, 0.25) is 0 Å². The van der Waals surface area contributed by atoms with E-state index in [1.54, 1.807) is 0 Å². The van der Waals surface area contributed by atoms with Gasteiger partial charge in [0.15, 0.2) is 0 Å². The Kier molecular flexibility index (Phi) is 4.05. The lowest BCUT2D eigenvalue weighted by Gasteiger charge is -2.31. The molecule has 3 aliphatic rings. The fourth-order valence-electron chi connectivity index (χ4n) is 5.22. The maximum Gasteiger partial charge on any atom is 0.0715 e. The summed E-state index contributed by atoms with van der Waals surface area (Å²) < 4.78 is 0. The van der Waals surface area contributed by atoms with Crippen LogP contribution in [0.15, 0.2) is 48.9 Å². The van der Waals surface area contributed by atoms with Crippen molar-refractivity contribution in [1.82, 2.24) is 0 Å². The maximum atomic E-state index is 4.11. The summed E-state index contributed by atoms with van der Waals surface area (Å²) in [6.45, 7) is 18.1. The topological polar surface area (TPSA) is 0 Å². The lowest BCUT2D eigenvalue weighted by molar-refractivity contribution is 0.316. The van der Waals surface area contributed by atoms with E-state index in [9.17, 15) is 0 Å². The largest absolute Gasteiger partial charge is 0.107 e. The fraction of sp³-hybridized carbons (Fsp3) is 0.600. The van der Waals surface area contributed by atoms with Crippen LogP contribution >= 0.6 is 0 Å². The van der Waals surface area contributed by atoms with E-state index in [-0.39, 0.29) is 0 Å². The SMILES string of the molecule is C=C[Si](C)(C)CC1C=CC2C3C=CC(C3C[Si](C)(C)C=C)C12. The molecule has 120 valence electrons. The average Bonchev–Trinajstić information content (AvgIpc) is 3.11. The first-order valence-electron chi connectivity index (χ1n) is 8.92. The third-order valence-electron chi connectivity index (χ3n) is 6.58. The summed E-state index contributed by atoms with van der Waals surface area (Å²) >= 11 is 0. The average molecular weight is 329 g/mol. The summed E-state index contributed by atoms with van der Waals surface area (Å²) in [5.41, 5.74) is 4.57. The van der Waals surface area contributed by atoms with Crippen molar-refractivity contribution in [3.05, 3.63) is 48.9 Å². The van der Waals surface area contributed by atoms with Crippen LogP contribution in [0.25, 0.3) is 0 Å². The third-order valence-corrected chi connectivity index (χ3v) is 11.8. The van der Waals surface area contributed by atoms with Gasteiger partial charge in [-0.25, -0.2) is 0 Å². The lowest BCUT2D eigenvalue weighted by Crippen LogP contribution is -2.31. The Balaban J connectivity index is 1.78. The van der Waals surface area contributed by atoms with Crippen LogP contribution in [0.1, 0.15) is 0 Å². The Hall–Kier alpha value is -0.606. The van der Waals surface area contributed by atoms with Gasteiger partial charge in [0.25, 0.3) is 0 Å². The Labute approximate surface area is 139 Å². The van der Waals surface area contributed by atoms with Crippen LogP contribution in [0.4, 0.5) is 0 Å². The maximum absolute atomic E-state index is 4.11. The normalized spacial score (nSPS) is 39.3. The molecular formula is C20H32Si2. The van der Waals surface area contributed by atoms with E-state index >= 15 is 0 Å². The highest BCUT2D eigenvalue weighted by Crippen LogP contribution is 2.61. The van der Waals surface area contributed by atoms with Crippen molar-refractivity contribution in [2.24, 2.45) is 35.5 Å². The van der Waals surface area contributed by atoms with Crippen LogP contribution in [0, 0.1) is 35.5 Å². The number of hydrogen-bond donors (Lipinski definition) is 0. The van der Waals surface area contributed by atoms with Crippen LogP contribution in [0.5, 0.6) is 0 Å². The summed E-state index contributed by atoms with van der Waals surface area (Å²) in [7, 11) is -2.44. The van der Waals surface area contributed by atoms with Crippen molar-refractivity contribution in [2.75, 3.05) is 0 Å². The fourth-order valence-corrected chi connectivity index (χ4v) is 8.94. The molecule has 0 nitrogen and oxygen atoms in total. The molecule has 2 heteroatoms. The Bertz CT molecular complexity index is 526. The van der Waals surface area contributed by atoms with Crippen LogP contribution in [-0.2, 0) is 0 Å². The first-order valence-corrected chi connectivity index (χ1v) is 15.5. The predicted molar refractivity (Wildman–Crippen MR) is 104 cm³/mol. The molecule has 6 unspecified atom stereocenters. The van der Waals surface area contributed by atoms with Gasteiger partial charge in [-0.05, 0) is 41.6 Å². The molecule has 2 bridgehead atoms. The summed E-state index contributed by atoms with van der Waals surface area (Å²) in [6, 6.07) is 2.81. The van der Waals surface area contributed by atoms with Crippen molar-refractivity contribution in [2.45, 2.75) is 38.3 Å². The predicted octanol–water partition coefficient (Wildman–Crippen LogP) is 5.70. The molecule has 1 saturated carbocycles.